The van der Waals surface area contributed by atoms with Gasteiger partial charge in [0, 0.05) is 10.9 Å². The third kappa shape index (κ3) is 4.57. The van der Waals surface area contributed by atoms with Gasteiger partial charge < -0.3 is 5.32 Å². The molecule has 1 saturated carbocycles. The minimum absolute atomic E-state index is 0.0607. The van der Waals surface area contributed by atoms with Crippen LogP contribution >= 0.6 is 35.0 Å². The number of halogens is 2. The fourth-order valence-electron chi connectivity index (χ4n) is 2.43. The summed E-state index contributed by atoms with van der Waals surface area (Å²) in [4.78, 5) is 12.8. The van der Waals surface area contributed by atoms with Crippen LogP contribution in [0.3, 0.4) is 0 Å². The van der Waals surface area contributed by atoms with Crippen molar-refractivity contribution in [2.24, 2.45) is 5.92 Å². The van der Waals surface area contributed by atoms with Crippen LogP contribution in [0, 0.1) is 5.92 Å². The number of hydrogen-bond acceptors (Lipinski definition) is 2. The van der Waals surface area contributed by atoms with Gasteiger partial charge in [-0.15, -0.1) is 11.8 Å². The van der Waals surface area contributed by atoms with E-state index in [0.29, 0.717) is 21.8 Å². The molecule has 5 heteroatoms. The maximum Gasteiger partial charge on any atom is 0.230 e. The molecule has 0 unspecified atom stereocenters. The Hall–Kier alpha value is -0.380. The quantitative estimate of drug-likeness (QED) is 0.804. The van der Waals surface area contributed by atoms with Crippen molar-refractivity contribution < 1.29 is 4.79 Å². The van der Waals surface area contributed by atoms with Crippen LogP contribution in [-0.4, -0.2) is 17.7 Å². The molecule has 0 radical (unpaired) electrons. The number of amides is 1. The maximum absolute atomic E-state index is 12.0. The Morgan fingerprint density at radius 2 is 1.85 bits per heavy atom. The summed E-state index contributed by atoms with van der Waals surface area (Å²) in [6.07, 6.45) is 4.58. The number of nitrogens with one attached hydrogen (secondary N) is 1. The molecule has 0 atom stereocenters. The minimum atomic E-state index is 0.0607. The third-order valence-electron chi connectivity index (χ3n) is 3.65. The standard InChI is InChI=1S/C15H19Cl2NOS/c1-10-5-7-11(8-6-10)18-14(19)9-20-15-12(16)3-2-4-13(15)17/h2-4,10-11H,5-9H2,1H3,(H,18,19). The highest BCUT2D eigenvalue weighted by Gasteiger charge is 2.20. The Morgan fingerprint density at radius 3 is 2.45 bits per heavy atom. The van der Waals surface area contributed by atoms with Gasteiger partial charge in [0.25, 0.3) is 0 Å². The van der Waals surface area contributed by atoms with Gasteiger partial charge in [0.05, 0.1) is 15.8 Å². The SMILES string of the molecule is CC1CCC(NC(=O)CSc2c(Cl)cccc2Cl)CC1. The second kappa shape index (κ2) is 7.58. The van der Waals surface area contributed by atoms with Crippen LogP contribution in [0.4, 0.5) is 0 Å². The van der Waals surface area contributed by atoms with Gasteiger partial charge in [0.1, 0.15) is 0 Å². The van der Waals surface area contributed by atoms with Crippen LogP contribution in [0.1, 0.15) is 32.6 Å². The summed E-state index contributed by atoms with van der Waals surface area (Å²) in [6.45, 7) is 2.27. The first kappa shape index (κ1) is 16.0. The fraction of sp³-hybridized carbons (Fsp3) is 0.533. The van der Waals surface area contributed by atoms with Crippen molar-refractivity contribution >= 4 is 40.9 Å². The van der Waals surface area contributed by atoms with Crippen LogP contribution in [0.5, 0.6) is 0 Å². The topological polar surface area (TPSA) is 29.1 Å². The molecule has 1 N–H and O–H groups in total. The molecule has 0 spiro atoms. The normalized spacial score (nSPS) is 22.6. The first-order valence-corrected chi connectivity index (χ1v) is 8.66. The van der Waals surface area contributed by atoms with E-state index in [0.717, 1.165) is 23.7 Å². The molecule has 0 saturated heterocycles. The molecule has 2 rings (SSSR count). The van der Waals surface area contributed by atoms with Crippen LogP contribution in [0.15, 0.2) is 23.1 Å². The number of carbonyl (C=O) groups is 1. The lowest BCUT2D eigenvalue weighted by atomic mass is 9.87. The lowest BCUT2D eigenvalue weighted by molar-refractivity contribution is -0.119. The van der Waals surface area contributed by atoms with Gasteiger partial charge in [-0.05, 0) is 43.7 Å². The Labute approximate surface area is 134 Å². The summed E-state index contributed by atoms with van der Waals surface area (Å²) >= 11 is 13.6. The molecule has 0 heterocycles. The number of thioether (sulfide) groups is 1. The molecule has 1 amide bonds. The predicted molar refractivity (Wildman–Crippen MR) is 86.7 cm³/mol. The first-order valence-electron chi connectivity index (χ1n) is 6.92. The number of carbonyl (C=O) groups excluding carboxylic acids is 1. The van der Waals surface area contributed by atoms with Crippen molar-refractivity contribution in [3.63, 3.8) is 0 Å². The zero-order chi connectivity index (χ0) is 14.5. The number of benzene rings is 1. The molecular weight excluding hydrogens is 313 g/mol. The van der Waals surface area contributed by atoms with Crippen LogP contribution in [0.2, 0.25) is 10.0 Å². The molecule has 2 nitrogen and oxygen atoms in total. The van der Waals surface area contributed by atoms with Gasteiger partial charge in [-0.2, -0.15) is 0 Å². The van der Waals surface area contributed by atoms with E-state index in [1.807, 2.05) is 0 Å². The molecular formula is C15H19Cl2NOS. The van der Waals surface area contributed by atoms with E-state index in [1.54, 1.807) is 18.2 Å². The van der Waals surface area contributed by atoms with Crippen molar-refractivity contribution in [2.75, 3.05) is 5.75 Å². The van der Waals surface area contributed by atoms with Crippen molar-refractivity contribution in [1.29, 1.82) is 0 Å². The molecule has 110 valence electrons. The lowest BCUT2D eigenvalue weighted by Gasteiger charge is -2.26. The molecule has 1 fully saturated rings. The van der Waals surface area contributed by atoms with Gasteiger partial charge in [0.15, 0.2) is 0 Å². The van der Waals surface area contributed by atoms with Gasteiger partial charge in [-0.25, -0.2) is 0 Å². The lowest BCUT2D eigenvalue weighted by Crippen LogP contribution is -2.38. The zero-order valence-corrected chi connectivity index (χ0v) is 13.8. The average Bonchev–Trinajstić information content (AvgIpc) is 2.41. The van der Waals surface area contributed by atoms with E-state index in [9.17, 15) is 4.79 Å². The van der Waals surface area contributed by atoms with Gasteiger partial charge in [-0.3, -0.25) is 4.79 Å². The van der Waals surface area contributed by atoms with Gasteiger partial charge in [0.2, 0.25) is 5.91 Å². The highest BCUT2D eigenvalue weighted by molar-refractivity contribution is 8.00. The third-order valence-corrected chi connectivity index (χ3v) is 5.64. The minimum Gasteiger partial charge on any atom is -0.353 e. The summed E-state index contributed by atoms with van der Waals surface area (Å²) < 4.78 is 0. The van der Waals surface area contributed by atoms with Gasteiger partial charge in [-0.1, -0.05) is 36.2 Å². The highest BCUT2D eigenvalue weighted by Crippen LogP contribution is 2.33. The van der Waals surface area contributed by atoms with E-state index >= 15 is 0 Å². The summed E-state index contributed by atoms with van der Waals surface area (Å²) in [7, 11) is 0. The number of hydrogen-bond donors (Lipinski definition) is 1. The Kier molecular flexibility index (Phi) is 6.06. The molecule has 0 aromatic heterocycles. The smallest absolute Gasteiger partial charge is 0.230 e. The molecule has 1 aliphatic carbocycles. The molecule has 1 aromatic carbocycles. The Bertz CT molecular complexity index is 453. The fourth-order valence-corrected chi connectivity index (χ4v) is 3.93. The molecule has 0 bridgehead atoms. The van der Waals surface area contributed by atoms with E-state index in [2.05, 4.69) is 12.2 Å². The van der Waals surface area contributed by atoms with Crippen molar-refractivity contribution in [1.82, 2.24) is 5.32 Å². The molecule has 0 aliphatic heterocycles. The van der Waals surface area contributed by atoms with Crippen molar-refractivity contribution in [2.45, 2.75) is 43.5 Å². The largest absolute Gasteiger partial charge is 0.353 e. The average molecular weight is 332 g/mol. The second-order valence-electron chi connectivity index (χ2n) is 5.36. The Morgan fingerprint density at radius 1 is 1.25 bits per heavy atom. The second-order valence-corrected chi connectivity index (χ2v) is 7.16. The number of rotatable bonds is 4. The molecule has 1 aliphatic rings. The zero-order valence-electron chi connectivity index (χ0n) is 11.5. The van der Waals surface area contributed by atoms with Crippen molar-refractivity contribution in [3.05, 3.63) is 28.2 Å². The first-order chi connectivity index (χ1) is 9.56. The van der Waals surface area contributed by atoms with Crippen molar-refractivity contribution in [3.8, 4) is 0 Å². The summed E-state index contributed by atoms with van der Waals surface area (Å²) in [5, 5.41) is 4.30. The van der Waals surface area contributed by atoms with Gasteiger partial charge >= 0.3 is 0 Å². The predicted octanol–water partition coefficient (Wildman–Crippen LogP) is 4.78. The maximum atomic E-state index is 12.0. The Balaban J connectivity index is 1.80. The van der Waals surface area contributed by atoms with E-state index in [4.69, 9.17) is 23.2 Å². The summed E-state index contributed by atoms with van der Waals surface area (Å²) in [5.41, 5.74) is 0. The highest BCUT2D eigenvalue weighted by atomic mass is 35.5. The van der Waals surface area contributed by atoms with E-state index < -0.39 is 0 Å². The molecule has 20 heavy (non-hydrogen) atoms. The van der Waals surface area contributed by atoms with E-state index in [-0.39, 0.29) is 5.91 Å². The summed E-state index contributed by atoms with van der Waals surface area (Å²) in [6, 6.07) is 5.71. The van der Waals surface area contributed by atoms with Crippen LogP contribution in [-0.2, 0) is 4.79 Å². The monoisotopic (exact) mass is 331 g/mol. The molecule has 1 aromatic rings. The van der Waals surface area contributed by atoms with Crippen LogP contribution in [0.25, 0.3) is 0 Å². The van der Waals surface area contributed by atoms with Crippen LogP contribution < -0.4 is 5.32 Å². The van der Waals surface area contributed by atoms with E-state index in [1.165, 1.54) is 24.6 Å². The summed E-state index contributed by atoms with van der Waals surface area (Å²) in [5.74, 6) is 1.21.